The highest BCUT2D eigenvalue weighted by Crippen LogP contribution is 2.29. The van der Waals surface area contributed by atoms with Crippen molar-refractivity contribution in [3.05, 3.63) is 35.4 Å². The Bertz CT molecular complexity index is 365. The number of aliphatic hydroxyl groups is 2. The second-order valence-electron chi connectivity index (χ2n) is 4.13. The summed E-state index contributed by atoms with van der Waals surface area (Å²) in [6.45, 7) is 1.84. The van der Waals surface area contributed by atoms with Crippen LogP contribution in [0.25, 0.3) is 0 Å². The number of benzene rings is 1. The molecule has 6 heteroatoms. The highest BCUT2D eigenvalue weighted by atomic mass is 19.4. The van der Waals surface area contributed by atoms with Crippen molar-refractivity contribution in [3.8, 4) is 0 Å². The summed E-state index contributed by atoms with van der Waals surface area (Å²) < 4.78 is 37.0. The van der Waals surface area contributed by atoms with Gasteiger partial charge in [-0.1, -0.05) is 12.1 Å². The smallest absolute Gasteiger partial charge is 0.395 e. The molecule has 0 aliphatic carbocycles. The summed E-state index contributed by atoms with van der Waals surface area (Å²) in [5, 5.41) is 21.4. The second-order valence-corrected chi connectivity index (χ2v) is 4.13. The Morgan fingerprint density at radius 3 is 2.22 bits per heavy atom. The largest absolute Gasteiger partial charge is 0.416 e. The molecule has 0 spiro atoms. The fourth-order valence-corrected chi connectivity index (χ4v) is 1.39. The van der Waals surface area contributed by atoms with Gasteiger partial charge in [0, 0.05) is 12.6 Å². The first kappa shape index (κ1) is 14.9. The van der Waals surface area contributed by atoms with Gasteiger partial charge in [0.05, 0.1) is 18.3 Å². The zero-order chi connectivity index (χ0) is 13.8. The molecule has 0 aliphatic rings. The van der Waals surface area contributed by atoms with E-state index in [1.807, 2.05) is 0 Å². The van der Waals surface area contributed by atoms with Gasteiger partial charge in [0.15, 0.2) is 0 Å². The third kappa shape index (κ3) is 4.29. The molecule has 2 atom stereocenters. The molecule has 1 unspecified atom stereocenters. The van der Waals surface area contributed by atoms with E-state index < -0.39 is 17.8 Å². The third-order valence-electron chi connectivity index (χ3n) is 2.56. The van der Waals surface area contributed by atoms with Crippen LogP contribution in [-0.2, 0) is 6.18 Å². The lowest BCUT2D eigenvalue weighted by Gasteiger charge is -2.16. The van der Waals surface area contributed by atoms with Gasteiger partial charge in [0.25, 0.3) is 0 Å². The Kier molecular flexibility index (Phi) is 5.13. The van der Waals surface area contributed by atoms with Crippen LogP contribution in [0, 0.1) is 0 Å². The monoisotopic (exact) mass is 263 g/mol. The van der Waals surface area contributed by atoms with E-state index in [0.717, 1.165) is 12.1 Å². The summed E-state index contributed by atoms with van der Waals surface area (Å²) in [6, 6.07) is 4.20. The number of hydrogen-bond acceptors (Lipinski definition) is 3. The molecule has 0 amide bonds. The minimum atomic E-state index is -4.37. The van der Waals surface area contributed by atoms with Gasteiger partial charge in [0.1, 0.15) is 0 Å². The Balaban J connectivity index is 2.62. The molecule has 0 radical (unpaired) electrons. The molecular formula is C12H16F3NO2. The van der Waals surface area contributed by atoms with Crippen LogP contribution >= 0.6 is 0 Å². The van der Waals surface area contributed by atoms with Crippen LogP contribution in [0.5, 0.6) is 0 Å². The highest BCUT2D eigenvalue weighted by Gasteiger charge is 2.30. The predicted molar refractivity (Wildman–Crippen MR) is 61.0 cm³/mol. The molecule has 1 aromatic carbocycles. The lowest BCUT2D eigenvalue weighted by molar-refractivity contribution is -0.137. The molecule has 0 aromatic heterocycles. The zero-order valence-corrected chi connectivity index (χ0v) is 9.91. The SMILES string of the molecule is C[C@H](CO)NCC(O)c1ccc(C(F)(F)F)cc1. The molecule has 0 saturated carbocycles. The Hall–Kier alpha value is -1.11. The maximum atomic E-state index is 12.3. The lowest BCUT2D eigenvalue weighted by atomic mass is 10.1. The van der Waals surface area contributed by atoms with E-state index in [4.69, 9.17) is 5.11 Å². The topological polar surface area (TPSA) is 52.5 Å². The van der Waals surface area contributed by atoms with Crippen LogP contribution in [0.4, 0.5) is 13.2 Å². The summed E-state index contributed by atoms with van der Waals surface area (Å²) in [5.41, 5.74) is -0.337. The molecule has 18 heavy (non-hydrogen) atoms. The first-order valence-corrected chi connectivity index (χ1v) is 5.54. The van der Waals surface area contributed by atoms with Gasteiger partial charge in [0.2, 0.25) is 0 Å². The average molecular weight is 263 g/mol. The standard InChI is InChI=1S/C12H16F3NO2/c1-8(7-17)16-6-11(18)9-2-4-10(5-3-9)12(13,14)15/h2-5,8,11,16-18H,6-7H2,1H3/t8-,11?/m1/s1. The van der Waals surface area contributed by atoms with Crippen molar-refractivity contribution in [2.24, 2.45) is 0 Å². The number of rotatable bonds is 5. The number of hydrogen-bond donors (Lipinski definition) is 3. The molecular weight excluding hydrogens is 247 g/mol. The third-order valence-corrected chi connectivity index (χ3v) is 2.56. The lowest BCUT2D eigenvalue weighted by Crippen LogP contribution is -2.32. The highest BCUT2D eigenvalue weighted by molar-refractivity contribution is 5.26. The molecule has 102 valence electrons. The van der Waals surface area contributed by atoms with Crippen molar-refractivity contribution in [1.29, 1.82) is 0 Å². The van der Waals surface area contributed by atoms with Crippen molar-refractivity contribution in [2.45, 2.75) is 25.2 Å². The minimum absolute atomic E-state index is 0.0697. The van der Waals surface area contributed by atoms with E-state index in [0.29, 0.717) is 5.56 Å². The van der Waals surface area contributed by atoms with Crippen LogP contribution < -0.4 is 5.32 Å². The molecule has 0 fully saturated rings. The van der Waals surface area contributed by atoms with Crippen LogP contribution in [0.15, 0.2) is 24.3 Å². The van der Waals surface area contributed by atoms with Gasteiger partial charge < -0.3 is 15.5 Å². The molecule has 0 heterocycles. The fourth-order valence-electron chi connectivity index (χ4n) is 1.39. The number of aliphatic hydroxyl groups excluding tert-OH is 2. The molecule has 0 saturated heterocycles. The normalized spacial score (nSPS) is 15.4. The van der Waals surface area contributed by atoms with E-state index in [1.165, 1.54) is 12.1 Å². The molecule has 0 aliphatic heterocycles. The molecule has 0 bridgehead atoms. The van der Waals surface area contributed by atoms with Crippen LogP contribution in [0.2, 0.25) is 0 Å². The van der Waals surface area contributed by atoms with E-state index in [2.05, 4.69) is 5.32 Å². The van der Waals surface area contributed by atoms with Gasteiger partial charge >= 0.3 is 6.18 Å². The van der Waals surface area contributed by atoms with Gasteiger partial charge in [-0.2, -0.15) is 13.2 Å². The first-order chi connectivity index (χ1) is 8.34. The second kappa shape index (κ2) is 6.17. The van der Waals surface area contributed by atoms with E-state index in [9.17, 15) is 18.3 Å². The van der Waals surface area contributed by atoms with Gasteiger partial charge in [-0.05, 0) is 24.6 Å². The first-order valence-electron chi connectivity index (χ1n) is 5.54. The van der Waals surface area contributed by atoms with Gasteiger partial charge in [-0.15, -0.1) is 0 Å². The van der Waals surface area contributed by atoms with E-state index in [1.54, 1.807) is 6.92 Å². The number of nitrogens with one attached hydrogen (secondary N) is 1. The summed E-state index contributed by atoms with van der Waals surface area (Å²) in [4.78, 5) is 0. The van der Waals surface area contributed by atoms with Crippen LogP contribution in [-0.4, -0.2) is 29.4 Å². The Labute approximate surface area is 103 Å². The van der Waals surface area contributed by atoms with Crippen molar-refractivity contribution >= 4 is 0 Å². The average Bonchev–Trinajstić information content (AvgIpc) is 2.34. The molecule has 1 rings (SSSR count). The van der Waals surface area contributed by atoms with Gasteiger partial charge in [-0.3, -0.25) is 0 Å². The summed E-state index contributed by atoms with van der Waals surface area (Å²) in [7, 11) is 0. The number of alkyl halides is 3. The van der Waals surface area contributed by atoms with Crippen molar-refractivity contribution < 1.29 is 23.4 Å². The number of halogens is 3. The predicted octanol–water partition coefficient (Wildman–Crippen LogP) is 1.71. The Morgan fingerprint density at radius 2 is 1.78 bits per heavy atom. The Morgan fingerprint density at radius 1 is 1.22 bits per heavy atom. The quantitative estimate of drug-likeness (QED) is 0.758. The van der Waals surface area contributed by atoms with Crippen LogP contribution in [0.1, 0.15) is 24.2 Å². The molecule has 3 N–H and O–H groups in total. The molecule has 3 nitrogen and oxygen atoms in total. The van der Waals surface area contributed by atoms with Crippen molar-refractivity contribution in [1.82, 2.24) is 5.32 Å². The van der Waals surface area contributed by atoms with Crippen LogP contribution in [0.3, 0.4) is 0 Å². The van der Waals surface area contributed by atoms with Crippen molar-refractivity contribution in [2.75, 3.05) is 13.2 Å². The zero-order valence-electron chi connectivity index (χ0n) is 9.91. The fraction of sp³-hybridized carbons (Fsp3) is 0.500. The van der Waals surface area contributed by atoms with E-state index in [-0.39, 0.29) is 19.2 Å². The maximum Gasteiger partial charge on any atom is 0.416 e. The maximum absolute atomic E-state index is 12.3. The van der Waals surface area contributed by atoms with Gasteiger partial charge in [-0.25, -0.2) is 0 Å². The summed E-state index contributed by atoms with van der Waals surface area (Å²) in [5.74, 6) is 0. The van der Waals surface area contributed by atoms with E-state index >= 15 is 0 Å². The summed E-state index contributed by atoms with van der Waals surface area (Å²) in [6.07, 6.45) is -5.27. The minimum Gasteiger partial charge on any atom is -0.395 e. The molecule has 1 aromatic rings. The van der Waals surface area contributed by atoms with Crippen molar-refractivity contribution in [3.63, 3.8) is 0 Å². The summed E-state index contributed by atoms with van der Waals surface area (Å²) >= 11 is 0.